The van der Waals surface area contributed by atoms with Crippen molar-refractivity contribution in [2.24, 2.45) is 0 Å². The molecule has 0 unspecified atom stereocenters. The van der Waals surface area contributed by atoms with Crippen molar-refractivity contribution in [3.05, 3.63) is 76.9 Å². The number of hydrogen-bond donors (Lipinski definition) is 0. The average molecular weight is 460 g/mol. The first-order valence-corrected chi connectivity index (χ1v) is 12.3. The van der Waals surface area contributed by atoms with Gasteiger partial charge in [-0.3, -0.25) is 9.69 Å². The summed E-state index contributed by atoms with van der Waals surface area (Å²) in [6.07, 6.45) is 0.961. The standard InChI is InChI=1S/C28H37N5O/c1-21-11-9-14-26(22(21)2)32-19-17-31(18-20-32)16-10-15-30(5)28(34)27-23(3)33(24(4)29-27)25-12-7-6-8-13-25/h6-9,11-14H,10,15-20H2,1-5H3. The largest absolute Gasteiger partial charge is 0.369 e. The molecule has 180 valence electrons. The van der Waals surface area contributed by atoms with E-state index in [4.69, 9.17) is 0 Å². The number of carbonyl (C=O) groups excluding carboxylic acids is 1. The average Bonchev–Trinajstić information content (AvgIpc) is 3.15. The highest BCUT2D eigenvalue weighted by Gasteiger charge is 2.22. The van der Waals surface area contributed by atoms with E-state index >= 15 is 0 Å². The van der Waals surface area contributed by atoms with Crippen LogP contribution in [0.5, 0.6) is 0 Å². The van der Waals surface area contributed by atoms with Crippen molar-refractivity contribution in [1.82, 2.24) is 19.4 Å². The number of imidazole rings is 1. The van der Waals surface area contributed by atoms with Gasteiger partial charge in [0, 0.05) is 51.1 Å². The van der Waals surface area contributed by atoms with Gasteiger partial charge in [-0.2, -0.15) is 0 Å². The van der Waals surface area contributed by atoms with Crippen molar-refractivity contribution in [2.45, 2.75) is 34.1 Å². The van der Waals surface area contributed by atoms with Crippen LogP contribution in [0.25, 0.3) is 5.69 Å². The number of piperazine rings is 1. The van der Waals surface area contributed by atoms with Crippen LogP contribution in [-0.2, 0) is 0 Å². The monoisotopic (exact) mass is 459 g/mol. The summed E-state index contributed by atoms with van der Waals surface area (Å²) in [5.74, 6) is 0.831. The first-order chi connectivity index (χ1) is 16.4. The van der Waals surface area contributed by atoms with Crippen LogP contribution in [0.1, 0.15) is 39.6 Å². The lowest BCUT2D eigenvalue weighted by atomic mass is 10.1. The van der Waals surface area contributed by atoms with Crippen LogP contribution >= 0.6 is 0 Å². The predicted molar refractivity (Wildman–Crippen MR) is 139 cm³/mol. The fraction of sp³-hybridized carbons (Fsp3) is 0.429. The summed E-state index contributed by atoms with van der Waals surface area (Å²) in [6.45, 7) is 14.3. The highest BCUT2D eigenvalue weighted by molar-refractivity contribution is 5.93. The smallest absolute Gasteiger partial charge is 0.274 e. The van der Waals surface area contributed by atoms with Gasteiger partial charge in [-0.25, -0.2) is 4.98 Å². The Hall–Kier alpha value is -3.12. The van der Waals surface area contributed by atoms with Crippen molar-refractivity contribution in [2.75, 3.05) is 51.2 Å². The minimum Gasteiger partial charge on any atom is -0.369 e. The van der Waals surface area contributed by atoms with Gasteiger partial charge >= 0.3 is 0 Å². The molecule has 1 aliphatic rings. The van der Waals surface area contributed by atoms with Gasteiger partial charge in [-0.05, 0) is 70.0 Å². The minimum absolute atomic E-state index is 0.00461. The van der Waals surface area contributed by atoms with E-state index in [1.54, 1.807) is 0 Å². The van der Waals surface area contributed by atoms with Crippen LogP contribution in [0.3, 0.4) is 0 Å². The van der Waals surface area contributed by atoms with Crippen LogP contribution in [0.15, 0.2) is 48.5 Å². The molecule has 1 amide bonds. The molecule has 6 nitrogen and oxygen atoms in total. The van der Waals surface area contributed by atoms with E-state index in [-0.39, 0.29) is 5.91 Å². The minimum atomic E-state index is -0.00461. The number of aromatic nitrogens is 2. The zero-order chi connectivity index (χ0) is 24.2. The highest BCUT2D eigenvalue weighted by atomic mass is 16.2. The second-order valence-electron chi connectivity index (χ2n) is 9.39. The number of carbonyl (C=O) groups is 1. The van der Waals surface area contributed by atoms with Gasteiger partial charge in [0.1, 0.15) is 11.5 Å². The van der Waals surface area contributed by atoms with Gasteiger partial charge in [0.15, 0.2) is 0 Å². The van der Waals surface area contributed by atoms with Crippen LogP contribution in [0.2, 0.25) is 0 Å². The lowest BCUT2D eigenvalue weighted by Gasteiger charge is -2.37. The second-order valence-corrected chi connectivity index (χ2v) is 9.39. The summed E-state index contributed by atoms with van der Waals surface area (Å²) in [6, 6.07) is 16.7. The molecule has 0 N–H and O–H groups in total. The Labute approximate surface area is 203 Å². The third-order valence-corrected chi connectivity index (χ3v) is 7.10. The summed E-state index contributed by atoms with van der Waals surface area (Å²) >= 11 is 0. The van der Waals surface area contributed by atoms with Gasteiger partial charge in [-0.15, -0.1) is 0 Å². The van der Waals surface area contributed by atoms with E-state index < -0.39 is 0 Å². The first kappa shape index (κ1) is 24.0. The molecule has 2 aromatic carbocycles. The number of hydrogen-bond acceptors (Lipinski definition) is 4. The number of aryl methyl sites for hydroxylation is 2. The number of rotatable bonds is 7. The molecule has 1 fully saturated rings. The normalized spacial score (nSPS) is 14.4. The second kappa shape index (κ2) is 10.4. The number of para-hydroxylation sites is 1. The third kappa shape index (κ3) is 5.02. The molecule has 0 spiro atoms. The van der Waals surface area contributed by atoms with Gasteiger partial charge < -0.3 is 14.4 Å². The Morgan fingerprint density at radius 1 is 0.941 bits per heavy atom. The zero-order valence-corrected chi connectivity index (χ0v) is 21.2. The van der Waals surface area contributed by atoms with Gasteiger partial charge in [0.2, 0.25) is 0 Å². The van der Waals surface area contributed by atoms with Gasteiger partial charge in [0.05, 0.1) is 5.69 Å². The maximum atomic E-state index is 13.1. The molecule has 0 radical (unpaired) electrons. The zero-order valence-electron chi connectivity index (χ0n) is 21.2. The van der Waals surface area contributed by atoms with Gasteiger partial charge in [-0.1, -0.05) is 30.3 Å². The van der Waals surface area contributed by atoms with Crippen LogP contribution in [0.4, 0.5) is 5.69 Å². The maximum absolute atomic E-state index is 13.1. The number of amides is 1. The molecule has 1 aliphatic heterocycles. The molecule has 3 aromatic rings. The fourth-order valence-electron chi connectivity index (χ4n) is 4.91. The Morgan fingerprint density at radius 3 is 2.35 bits per heavy atom. The quantitative estimate of drug-likeness (QED) is 0.526. The Morgan fingerprint density at radius 2 is 1.65 bits per heavy atom. The number of anilines is 1. The summed E-state index contributed by atoms with van der Waals surface area (Å²) in [5, 5.41) is 0. The molecule has 2 heterocycles. The maximum Gasteiger partial charge on any atom is 0.274 e. The van der Waals surface area contributed by atoms with Crippen LogP contribution < -0.4 is 4.90 Å². The third-order valence-electron chi connectivity index (χ3n) is 7.10. The molecule has 0 bridgehead atoms. The van der Waals surface area contributed by atoms with Crippen molar-refractivity contribution in [1.29, 1.82) is 0 Å². The molecule has 34 heavy (non-hydrogen) atoms. The molecular weight excluding hydrogens is 422 g/mol. The van der Waals surface area contributed by atoms with Crippen molar-refractivity contribution in [3.8, 4) is 5.69 Å². The predicted octanol–water partition coefficient (Wildman–Crippen LogP) is 4.39. The summed E-state index contributed by atoms with van der Waals surface area (Å²) in [4.78, 5) is 24.6. The summed E-state index contributed by atoms with van der Waals surface area (Å²) in [5.41, 5.74) is 6.58. The lowest BCUT2D eigenvalue weighted by Crippen LogP contribution is -2.47. The number of benzene rings is 2. The molecule has 1 aromatic heterocycles. The highest BCUT2D eigenvalue weighted by Crippen LogP contribution is 2.24. The molecule has 4 rings (SSSR count). The Balaban J connectivity index is 1.28. The topological polar surface area (TPSA) is 44.6 Å². The van der Waals surface area contributed by atoms with Crippen molar-refractivity contribution in [3.63, 3.8) is 0 Å². The Bertz CT molecular complexity index is 1130. The van der Waals surface area contributed by atoms with E-state index in [9.17, 15) is 4.79 Å². The fourth-order valence-corrected chi connectivity index (χ4v) is 4.91. The molecule has 0 atom stereocenters. The SMILES string of the molecule is Cc1cccc(N2CCN(CCCN(C)C(=O)c3nc(C)n(-c4ccccc4)c3C)CC2)c1C. The van der Waals surface area contributed by atoms with E-state index in [1.807, 2.05) is 56.1 Å². The van der Waals surface area contributed by atoms with E-state index in [0.29, 0.717) is 5.69 Å². The molecule has 1 saturated heterocycles. The van der Waals surface area contributed by atoms with E-state index in [2.05, 4.69) is 51.4 Å². The van der Waals surface area contributed by atoms with Crippen LogP contribution in [-0.4, -0.2) is 71.6 Å². The number of nitrogens with zero attached hydrogens (tertiary/aromatic N) is 5. The molecular formula is C28H37N5O. The molecule has 0 aliphatic carbocycles. The van der Waals surface area contributed by atoms with E-state index in [0.717, 1.165) is 62.9 Å². The first-order valence-electron chi connectivity index (χ1n) is 12.3. The summed E-state index contributed by atoms with van der Waals surface area (Å²) in [7, 11) is 1.89. The lowest BCUT2D eigenvalue weighted by molar-refractivity contribution is 0.0782. The van der Waals surface area contributed by atoms with Gasteiger partial charge in [0.25, 0.3) is 5.91 Å². The van der Waals surface area contributed by atoms with Crippen LogP contribution in [0, 0.1) is 27.7 Å². The summed E-state index contributed by atoms with van der Waals surface area (Å²) < 4.78 is 2.05. The van der Waals surface area contributed by atoms with Crippen molar-refractivity contribution < 1.29 is 4.79 Å². The molecule has 6 heteroatoms. The van der Waals surface area contributed by atoms with Crippen molar-refractivity contribution >= 4 is 11.6 Å². The van der Waals surface area contributed by atoms with E-state index in [1.165, 1.54) is 16.8 Å². The molecule has 0 saturated carbocycles. The Kier molecular flexibility index (Phi) is 7.37.